The van der Waals surface area contributed by atoms with Gasteiger partial charge in [-0.1, -0.05) is 0 Å². The van der Waals surface area contributed by atoms with Crippen molar-refractivity contribution in [1.29, 1.82) is 0 Å². The summed E-state index contributed by atoms with van der Waals surface area (Å²) < 4.78 is 6.61. The van der Waals surface area contributed by atoms with Crippen molar-refractivity contribution in [3.05, 3.63) is 20.8 Å². The van der Waals surface area contributed by atoms with Gasteiger partial charge >= 0.3 is 0 Å². The Morgan fingerprint density at radius 1 is 1.65 bits per heavy atom. The first-order valence-corrected chi connectivity index (χ1v) is 7.32. The minimum atomic E-state index is -0.134. The summed E-state index contributed by atoms with van der Waals surface area (Å²) in [6.07, 6.45) is 1.75. The smallest absolute Gasteiger partial charge is 0.252 e. The molecule has 0 aromatic carbocycles. The van der Waals surface area contributed by atoms with Crippen LogP contribution in [0.25, 0.3) is 0 Å². The lowest BCUT2D eigenvalue weighted by atomic mass is 9.94. The number of ether oxygens (including phenoxy) is 1. The van der Waals surface area contributed by atoms with E-state index in [1.165, 1.54) is 11.3 Å². The highest BCUT2D eigenvalue weighted by molar-refractivity contribution is 9.11. The molecule has 3 nitrogen and oxygen atoms in total. The summed E-state index contributed by atoms with van der Waals surface area (Å²) >= 11 is 4.89. The summed E-state index contributed by atoms with van der Waals surface area (Å²) in [6, 6.07) is 2.06. The summed E-state index contributed by atoms with van der Waals surface area (Å²) in [6.45, 7) is 4.84. The number of nitrogens with one attached hydrogen (secondary N) is 1. The number of halogens is 1. The highest BCUT2D eigenvalue weighted by Gasteiger charge is 2.29. The molecule has 1 aliphatic heterocycles. The first kappa shape index (κ1) is 13.1. The number of thiophene rings is 1. The molecule has 1 fully saturated rings. The van der Waals surface area contributed by atoms with Gasteiger partial charge in [0.1, 0.15) is 0 Å². The van der Waals surface area contributed by atoms with Gasteiger partial charge in [0.2, 0.25) is 0 Å². The van der Waals surface area contributed by atoms with Crippen molar-refractivity contribution in [2.24, 2.45) is 0 Å². The summed E-state index contributed by atoms with van der Waals surface area (Å²) in [4.78, 5) is 12.0. The van der Waals surface area contributed by atoms with E-state index in [0.717, 1.165) is 22.2 Å². The van der Waals surface area contributed by atoms with E-state index in [2.05, 4.69) is 35.1 Å². The van der Waals surface area contributed by atoms with Crippen LogP contribution >= 0.6 is 27.3 Å². The van der Waals surface area contributed by atoms with E-state index in [9.17, 15) is 4.79 Å². The van der Waals surface area contributed by atoms with E-state index >= 15 is 0 Å². The maximum atomic E-state index is 12.0. The Morgan fingerprint density at radius 3 is 3.00 bits per heavy atom. The van der Waals surface area contributed by atoms with Crippen LogP contribution in [0.5, 0.6) is 0 Å². The molecule has 1 aromatic heterocycles. The quantitative estimate of drug-likeness (QED) is 0.909. The van der Waals surface area contributed by atoms with Gasteiger partial charge < -0.3 is 10.1 Å². The Hall–Kier alpha value is -0.390. The Bertz CT molecular complexity index is 416. The molecule has 0 aliphatic carbocycles. The Balaban J connectivity index is 1.95. The van der Waals surface area contributed by atoms with Crippen LogP contribution in [0, 0.1) is 0 Å². The standard InChI is InChI=1S/C12H16BrNO2S/c1-12(2)6-9(3-4-16-12)14-11(15)8-5-10(13)17-7-8/h5,7,9H,3-4,6H2,1-2H3,(H,14,15). The molecule has 1 saturated heterocycles. The van der Waals surface area contributed by atoms with Gasteiger partial charge in [0, 0.05) is 18.0 Å². The van der Waals surface area contributed by atoms with E-state index in [4.69, 9.17) is 4.74 Å². The van der Waals surface area contributed by atoms with Crippen molar-refractivity contribution < 1.29 is 9.53 Å². The Kier molecular flexibility index (Phi) is 3.90. The summed E-state index contributed by atoms with van der Waals surface area (Å²) in [5.41, 5.74) is 0.594. The molecule has 0 bridgehead atoms. The van der Waals surface area contributed by atoms with E-state index in [1.807, 2.05) is 11.4 Å². The van der Waals surface area contributed by atoms with Gasteiger partial charge in [0.25, 0.3) is 5.91 Å². The monoisotopic (exact) mass is 317 g/mol. The van der Waals surface area contributed by atoms with Crippen molar-refractivity contribution in [2.45, 2.75) is 38.3 Å². The highest BCUT2D eigenvalue weighted by Crippen LogP contribution is 2.25. The van der Waals surface area contributed by atoms with Crippen molar-refractivity contribution in [3.63, 3.8) is 0 Å². The molecule has 17 heavy (non-hydrogen) atoms. The number of hydrogen-bond acceptors (Lipinski definition) is 3. The van der Waals surface area contributed by atoms with E-state index < -0.39 is 0 Å². The number of hydrogen-bond donors (Lipinski definition) is 1. The fourth-order valence-corrected chi connectivity index (χ4v) is 3.19. The van der Waals surface area contributed by atoms with Crippen LogP contribution in [0.1, 0.15) is 37.0 Å². The van der Waals surface area contributed by atoms with Gasteiger partial charge in [0.05, 0.1) is 15.0 Å². The van der Waals surface area contributed by atoms with E-state index in [1.54, 1.807) is 0 Å². The summed E-state index contributed by atoms with van der Waals surface area (Å²) in [5, 5.41) is 4.94. The maximum Gasteiger partial charge on any atom is 0.252 e. The minimum absolute atomic E-state index is 0.00894. The molecule has 2 heterocycles. The molecule has 1 atom stereocenters. The topological polar surface area (TPSA) is 38.3 Å². The zero-order valence-corrected chi connectivity index (χ0v) is 12.4. The van der Waals surface area contributed by atoms with Gasteiger partial charge in [-0.05, 0) is 48.7 Å². The second-order valence-corrected chi connectivity index (χ2v) is 7.20. The van der Waals surface area contributed by atoms with Crippen molar-refractivity contribution in [1.82, 2.24) is 5.32 Å². The molecule has 1 unspecified atom stereocenters. The predicted octanol–water partition coefficient (Wildman–Crippen LogP) is 3.20. The second-order valence-electron chi connectivity index (χ2n) is 4.91. The first-order chi connectivity index (χ1) is 7.96. The molecule has 1 aliphatic rings. The SMILES string of the molecule is CC1(C)CC(NC(=O)c2csc(Br)c2)CCO1. The third-order valence-corrected chi connectivity index (χ3v) is 4.37. The van der Waals surface area contributed by atoms with E-state index in [-0.39, 0.29) is 17.6 Å². The molecule has 0 saturated carbocycles. The van der Waals surface area contributed by atoms with Crippen LogP contribution in [-0.2, 0) is 4.74 Å². The zero-order valence-electron chi connectivity index (χ0n) is 9.96. The minimum Gasteiger partial charge on any atom is -0.375 e. The molecule has 1 N–H and O–H groups in total. The number of carbonyl (C=O) groups is 1. The Labute approximate surface area is 114 Å². The van der Waals surface area contributed by atoms with Crippen molar-refractivity contribution in [2.75, 3.05) is 6.61 Å². The fourth-order valence-electron chi connectivity index (χ4n) is 2.05. The number of amides is 1. The molecule has 1 aromatic rings. The van der Waals surface area contributed by atoms with Gasteiger partial charge in [-0.25, -0.2) is 0 Å². The summed E-state index contributed by atoms with van der Waals surface area (Å²) in [5.74, 6) is 0.00894. The molecule has 2 rings (SSSR count). The highest BCUT2D eigenvalue weighted by atomic mass is 79.9. The van der Waals surface area contributed by atoms with Crippen LogP contribution in [0.3, 0.4) is 0 Å². The van der Waals surface area contributed by atoms with Gasteiger partial charge in [0.15, 0.2) is 0 Å². The lowest BCUT2D eigenvalue weighted by Gasteiger charge is -2.35. The van der Waals surface area contributed by atoms with Crippen LogP contribution in [-0.4, -0.2) is 24.2 Å². The molecule has 1 amide bonds. The maximum absolute atomic E-state index is 12.0. The second kappa shape index (κ2) is 5.08. The number of carbonyl (C=O) groups excluding carboxylic acids is 1. The van der Waals surface area contributed by atoms with Gasteiger partial charge in [-0.3, -0.25) is 4.79 Å². The van der Waals surface area contributed by atoms with Crippen molar-refractivity contribution >= 4 is 33.2 Å². The molecule has 0 radical (unpaired) electrons. The molecule has 0 spiro atoms. The van der Waals surface area contributed by atoms with Gasteiger partial charge in [-0.2, -0.15) is 0 Å². The van der Waals surface area contributed by atoms with Crippen molar-refractivity contribution in [3.8, 4) is 0 Å². The normalized spacial score (nSPS) is 23.4. The zero-order chi connectivity index (χ0) is 12.5. The number of rotatable bonds is 2. The summed E-state index contributed by atoms with van der Waals surface area (Å²) in [7, 11) is 0. The fraction of sp³-hybridized carbons (Fsp3) is 0.583. The average Bonchev–Trinajstić information content (AvgIpc) is 2.63. The first-order valence-electron chi connectivity index (χ1n) is 5.65. The third-order valence-electron chi connectivity index (χ3n) is 2.86. The van der Waals surface area contributed by atoms with Crippen LogP contribution in [0.4, 0.5) is 0 Å². The third kappa shape index (κ3) is 3.53. The lowest BCUT2D eigenvalue weighted by molar-refractivity contribution is -0.0615. The molecular weight excluding hydrogens is 302 g/mol. The van der Waals surface area contributed by atoms with Crippen LogP contribution < -0.4 is 5.32 Å². The van der Waals surface area contributed by atoms with E-state index in [0.29, 0.717) is 6.61 Å². The van der Waals surface area contributed by atoms with Gasteiger partial charge in [-0.15, -0.1) is 11.3 Å². The molecule has 94 valence electrons. The molecule has 5 heteroatoms. The average molecular weight is 318 g/mol. The van der Waals surface area contributed by atoms with Crippen LogP contribution in [0.15, 0.2) is 15.2 Å². The van der Waals surface area contributed by atoms with Crippen LogP contribution in [0.2, 0.25) is 0 Å². The molecular formula is C12H16BrNO2S. The lowest BCUT2D eigenvalue weighted by Crippen LogP contribution is -2.45. The Morgan fingerprint density at radius 2 is 2.41 bits per heavy atom. The largest absolute Gasteiger partial charge is 0.375 e. The predicted molar refractivity (Wildman–Crippen MR) is 72.5 cm³/mol.